The second kappa shape index (κ2) is 5.32. The molecule has 2 aliphatic rings. The number of primary amides is 1. The van der Waals surface area contributed by atoms with Gasteiger partial charge in [0.05, 0.1) is 0 Å². The molecule has 0 radical (unpaired) electrons. The van der Waals surface area contributed by atoms with Gasteiger partial charge in [0.15, 0.2) is 0 Å². The SMILES string of the molecule is CO[C@]12Oc3cc(C(C)C)ccc3[C@]1(NC(N)=O)C(=O)c1ccccc12. The van der Waals surface area contributed by atoms with Crippen molar-refractivity contribution in [3.63, 3.8) is 0 Å². The first-order chi connectivity index (χ1) is 12.4. The van der Waals surface area contributed by atoms with E-state index in [4.69, 9.17) is 15.2 Å². The number of methoxy groups -OCH3 is 1. The van der Waals surface area contributed by atoms with Crippen molar-refractivity contribution >= 4 is 11.8 Å². The Morgan fingerprint density at radius 1 is 1.19 bits per heavy atom. The molecule has 1 heterocycles. The van der Waals surface area contributed by atoms with Gasteiger partial charge in [-0.25, -0.2) is 4.79 Å². The van der Waals surface area contributed by atoms with E-state index < -0.39 is 17.4 Å². The van der Waals surface area contributed by atoms with Crippen molar-refractivity contribution in [1.29, 1.82) is 0 Å². The number of Topliss-reactive ketones (excluding diaryl/α,β-unsaturated/α-hetero) is 1. The largest absolute Gasteiger partial charge is 0.454 e. The number of fused-ring (bicyclic) bond motifs is 5. The molecule has 0 saturated heterocycles. The predicted octanol–water partition coefficient (Wildman–Crippen LogP) is 2.76. The lowest BCUT2D eigenvalue weighted by Gasteiger charge is -2.36. The molecule has 2 amide bonds. The highest BCUT2D eigenvalue weighted by atomic mass is 16.7. The van der Waals surface area contributed by atoms with Crippen LogP contribution in [0.15, 0.2) is 42.5 Å². The van der Waals surface area contributed by atoms with Crippen LogP contribution in [0.3, 0.4) is 0 Å². The molecule has 26 heavy (non-hydrogen) atoms. The van der Waals surface area contributed by atoms with Gasteiger partial charge in [0, 0.05) is 23.8 Å². The van der Waals surface area contributed by atoms with Gasteiger partial charge in [-0.15, -0.1) is 0 Å². The summed E-state index contributed by atoms with van der Waals surface area (Å²) >= 11 is 0. The van der Waals surface area contributed by atoms with Crippen LogP contribution < -0.4 is 15.8 Å². The lowest BCUT2D eigenvalue weighted by Crippen LogP contribution is -2.61. The average Bonchev–Trinajstić information content (AvgIpc) is 3.00. The van der Waals surface area contributed by atoms with Crippen LogP contribution in [0.1, 0.15) is 46.8 Å². The minimum Gasteiger partial charge on any atom is -0.454 e. The number of ketones is 1. The third kappa shape index (κ3) is 1.79. The Balaban J connectivity index is 2.04. The Morgan fingerprint density at radius 3 is 2.58 bits per heavy atom. The van der Waals surface area contributed by atoms with E-state index in [9.17, 15) is 9.59 Å². The number of carbonyl (C=O) groups excluding carboxylic acids is 2. The summed E-state index contributed by atoms with van der Waals surface area (Å²) < 4.78 is 12.0. The Hall–Kier alpha value is -2.86. The first-order valence-corrected chi connectivity index (χ1v) is 8.48. The highest BCUT2D eigenvalue weighted by Crippen LogP contribution is 2.59. The van der Waals surface area contributed by atoms with Crippen molar-refractivity contribution in [1.82, 2.24) is 5.32 Å². The zero-order valence-electron chi connectivity index (χ0n) is 14.8. The van der Waals surface area contributed by atoms with Crippen molar-refractivity contribution in [3.05, 3.63) is 64.7 Å². The molecule has 2 atom stereocenters. The van der Waals surface area contributed by atoms with Crippen LogP contribution in [0, 0.1) is 0 Å². The second-order valence-corrected chi connectivity index (χ2v) is 6.95. The molecule has 0 aromatic heterocycles. The van der Waals surface area contributed by atoms with Crippen molar-refractivity contribution in [2.24, 2.45) is 5.73 Å². The summed E-state index contributed by atoms with van der Waals surface area (Å²) in [5.74, 6) is -1.00. The molecule has 1 aliphatic heterocycles. The maximum absolute atomic E-state index is 13.5. The van der Waals surface area contributed by atoms with Gasteiger partial charge < -0.3 is 20.5 Å². The molecule has 134 valence electrons. The molecule has 4 rings (SSSR count). The first-order valence-electron chi connectivity index (χ1n) is 8.48. The molecule has 2 aromatic carbocycles. The summed E-state index contributed by atoms with van der Waals surface area (Å²) in [6, 6.07) is 11.9. The van der Waals surface area contributed by atoms with Crippen LogP contribution in [0.4, 0.5) is 4.79 Å². The molecule has 0 bridgehead atoms. The van der Waals surface area contributed by atoms with Gasteiger partial charge >= 0.3 is 6.03 Å². The molecule has 6 heteroatoms. The smallest absolute Gasteiger partial charge is 0.313 e. The molecular weight excluding hydrogens is 332 g/mol. The third-order valence-electron chi connectivity index (χ3n) is 5.29. The molecule has 6 nitrogen and oxygen atoms in total. The molecule has 0 spiro atoms. The molecule has 0 saturated carbocycles. The number of amides is 2. The predicted molar refractivity (Wildman–Crippen MR) is 95.0 cm³/mol. The van der Waals surface area contributed by atoms with E-state index in [2.05, 4.69) is 19.2 Å². The molecule has 3 N–H and O–H groups in total. The number of benzene rings is 2. The maximum atomic E-state index is 13.5. The quantitative estimate of drug-likeness (QED) is 0.889. The van der Waals surface area contributed by atoms with E-state index in [-0.39, 0.29) is 11.7 Å². The van der Waals surface area contributed by atoms with Gasteiger partial charge in [0.25, 0.3) is 5.79 Å². The minimum atomic E-state index is -1.55. The Morgan fingerprint density at radius 2 is 1.92 bits per heavy atom. The van der Waals surface area contributed by atoms with Crippen LogP contribution in [0.5, 0.6) is 5.75 Å². The lowest BCUT2D eigenvalue weighted by atomic mass is 9.82. The zero-order valence-corrected chi connectivity index (χ0v) is 14.8. The van der Waals surface area contributed by atoms with E-state index >= 15 is 0 Å². The normalized spacial score (nSPS) is 25.5. The molecule has 0 fully saturated rings. The van der Waals surface area contributed by atoms with E-state index in [0.29, 0.717) is 22.4 Å². The van der Waals surface area contributed by atoms with E-state index in [1.807, 2.05) is 18.2 Å². The van der Waals surface area contributed by atoms with Gasteiger partial charge in [-0.05, 0) is 17.5 Å². The molecule has 1 aliphatic carbocycles. The minimum absolute atomic E-state index is 0.283. The summed E-state index contributed by atoms with van der Waals surface area (Å²) in [5.41, 5.74) is 6.53. The van der Waals surface area contributed by atoms with E-state index in [1.54, 1.807) is 24.3 Å². The highest BCUT2D eigenvalue weighted by Gasteiger charge is 2.72. The molecule has 0 unspecified atom stereocenters. The fourth-order valence-electron chi connectivity index (χ4n) is 4.10. The highest BCUT2D eigenvalue weighted by molar-refractivity contribution is 6.12. The Labute approximate surface area is 151 Å². The van der Waals surface area contributed by atoms with Crippen LogP contribution in [-0.2, 0) is 16.1 Å². The van der Waals surface area contributed by atoms with Crippen LogP contribution in [-0.4, -0.2) is 18.9 Å². The summed E-state index contributed by atoms with van der Waals surface area (Å²) in [5, 5.41) is 2.65. The van der Waals surface area contributed by atoms with Gasteiger partial charge in [0.2, 0.25) is 11.3 Å². The summed E-state index contributed by atoms with van der Waals surface area (Å²) in [6.07, 6.45) is 0. The number of nitrogens with one attached hydrogen (secondary N) is 1. The first kappa shape index (κ1) is 16.6. The summed E-state index contributed by atoms with van der Waals surface area (Å²) in [6.45, 7) is 4.14. The number of carbonyl (C=O) groups is 2. The number of hydrogen-bond donors (Lipinski definition) is 2. The van der Waals surface area contributed by atoms with Crippen molar-refractivity contribution < 1.29 is 19.1 Å². The third-order valence-corrected chi connectivity index (χ3v) is 5.29. The molecular formula is C20H20N2O4. The van der Waals surface area contributed by atoms with Gasteiger partial charge in [-0.1, -0.05) is 50.2 Å². The number of ether oxygens (including phenoxy) is 2. The van der Waals surface area contributed by atoms with Gasteiger partial charge in [0.1, 0.15) is 5.75 Å². The number of nitrogens with two attached hydrogens (primary N) is 1. The second-order valence-electron chi connectivity index (χ2n) is 6.95. The standard InChI is InChI=1S/C20H20N2O4/c1-11(2)12-8-9-15-16(10-12)26-20(25-3)14-7-5-4-6-13(14)17(23)19(15,20)22-18(21)24/h4-11H,1-3H3,(H3,21,22,24)/t19-,20+/m0/s1. The average molecular weight is 352 g/mol. The maximum Gasteiger partial charge on any atom is 0.313 e. The molecule has 2 aromatic rings. The van der Waals surface area contributed by atoms with E-state index in [1.165, 1.54) is 7.11 Å². The number of rotatable bonds is 3. The van der Waals surface area contributed by atoms with Crippen LogP contribution in [0.25, 0.3) is 0 Å². The van der Waals surface area contributed by atoms with Gasteiger partial charge in [-0.3, -0.25) is 4.79 Å². The number of hydrogen-bond acceptors (Lipinski definition) is 4. The number of urea groups is 1. The van der Waals surface area contributed by atoms with Crippen molar-refractivity contribution in [3.8, 4) is 5.75 Å². The topological polar surface area (TPSA) is 90.7 Å². The van der Waals surface area contributed by atoms with E-state index in [0.717, 1.165) is 5.56 Å². The fourth-order valence-corrected chi connectivity index (χ4v) is 4.10. The fraction of sp³-hybridized carbons (Fsp3) is 0.300. The zero-order chi connectivity index (χ0) is 18.7. The van der Waals surface area contributed by atoms with Crippen molar-refractivity contribution in [2.45, 2.75) is 31.1 Å². The van der Waals surface area contributed by atoms with Gasteiger partial charge in [-0.2, -0.15) is 0 Å². The van der Waals surface area contributed by atoms with Crippen LogP contribution in [0.2, 0.25) is 0 Å². The Bertz CT molecular complexity index is 939. The van der Waals surface area contributed by atoms with Crippen LogP contribution >= 0.6 is 0 Å². The monoisotopic (exact) mass is 352 g/mol. The Kier molecular flexibility index (Phi) is 3.39. The lowest BCUT2D eigenvalue weighted by molar-refractivity contribution is -0.193. The summed E-state index contributed by atoms with van der Waals surface area (Å²) in [4.78, 5) is 25.3. The summed E-state index contributed by atoms with van der Waals surface area (Å²) in [7, 11) is 1.46. The van der Waals surface area contributed by atoms with Crippen molar-refractivity contribution in [2.75, 3.05) is 7.11 Å².